The summed E-state index contributed by atoms with van der Waals surface area (Å²) >= 11 is 0. The van der Waals surface area contributed by atoms with E-state index in [0.29, 0.717) is 55.0 Å². The number of benzene rings is 1. The van der Waals surface area contributed by atoms with Crippen LogP contribution in [0.4, 0.5) is 17.5 Å². The predicted octanol–water partition coefficient (Wildman–Crippen LogP) is 2.65. The van der Waals surface area contributed by atoms with Crippen molar-refractivity contribution in [3.8, 4) is 6.07 Å². The van der Waals surface area contributed by atoms with Gasteiger partial charge in [-0.1, -0.05) is 12.1 Å². The number of hydrogen-bond acceptors (Lipinski definition) is 7. The van der Waals surface area contributed by atoms with Crippen LogP contribution in [0.3, 0.4) is 0 Å². The molecule has 0 saturated carbocycles. The number of amides is 1. The second kappa shape index (κ2) is 7.80. The van der Waals surface area contributed by atoms with E-state index in [2.05, 4.69) is 21.4 Å². The van der Waals surface area contributed by atoms with E-state index in [4.69, 9.17) is 4.42 Å². The molecule has 28 heavy (non-hydrogen) atoms. The van der Waals surface area contributed by atoms with Gasteiger partial charge < -0.3 is 19.5 Å². The fraction of sp³-hybridized carbons (Fsp3) is 0.200. The zero-order valence-electron chi connectivity index (χ0n) is 15.1. The van der Waals surface area contributed by atoms with Crippen LogP contribution in [0.25, 0.3) is 0 Å². The maximum Gasteiger partial charge on any atom is 0.289 e. The lowest BCUT2D eigenvalue weighted by Gasteiger charge is -2.34. The van der Waals surface area contributed by atoms with Gasteiger partial charge in [0.2, 0.25) is 5.95 Å². The molecule has 0 aliphatic carbocycles. The average Bonchev–Trinajstić information content (AvgIpc) is 3.29. The number of nitrogens with zero attached hydrogens (tertiary/aromatic N) is 5. The highest BCUT2D eigenvalue weighted by Crippen LogP contribution is 2.21. The first-order valence-corrected chi connectivity index (χ1v) is 8.91. The molecule has 1 N–H and O–H groups in total. The van der Waals surface area contributed by atoms with E-state index in [1.54, 1.807) is 35.4 Å². The quantitative estimate of drug-likeness (QED) is 0.749. The highest BCUT2D eigenvalue weighted by Gasteiger charge is 2.24. The zero-order chi connectivity index (χ0) is 19.3. The second-order valence-electron chi connectivity index (χ2n) is 6.28. The summed E-state index contributed by atoms with van der Waals surface area (Å²) in [5.41, 5.74) is 1.25. The number of furan rings is 1. The molecule has 3 aromatic rings. The number of para-hydroxylation sites is 1. The molecular weight excluding hydrogens is 356 g/mol. The first-order valence-electron chi connectivity index (χ1n) is 8.91. The van der Waals surface area contributed by atoms with Crippen molar-refractivity contribution in [2.24, 2.45) is 0 Å². The molecule has 1 amide bonds. The van der Waals surface area contributed by atoms with Gasteiger partial charge >= 0.3 is 0 Å². The van der Waals surface area contributed by atoms with Crippen molar-refractivity contribution in [1.82, 2.24) is 14.9 Å². The number of carbonyl (C=O) groups excluding carboxylic acids is 1. The van der Waals surface area contributed by atoms with Gasteiger partial charge in [0.1, 0.15) is 11.9 Å². The molecule has 1 aliphatic rings. The van der Waals surface area contributed by atoms with Gasteiger partial charge in [-0.05, 0) is 30.3 Å². The maximum atomic E-state index is 12.4. The molecule has 1 saturated heterocycles. The number of nitriles is 1. The molecule has 8 nitrogen and oxygen atoms in total. The molecule has 3 heterocycles. The van der Waals surface area contributed by atoms with Crippen molar-refractivity contribution in [3.63, 3.8) is 0 Å². The third kappa shape index (κ3) is 3.64. The Bertz CT molecular complexity index is 1000. The van der Waals surface area contributed by atoms with Gasteiger partial charge in [-0.2, -0.15) is 10.2 Å². The summed E-state index contributed by atoms with van der Waals surface area (Å²) in [5, 5.41) is 12.4. The topological polar surface area (TPSA) is 98.3 Å². The molecule has 0 spiro atoms. The Morgan fingerprint density at radius 2 is 1.93 bits per heavy atom. The van der Waals surface area contributed by atoms with Gasteiger partial charge in [0, 0.05) is 32.4 Å². The summed E-state index contributed by atoms with van der Waals surface area (Å²) in [7, 11) is 0. The van der Waals surface area contributed by atoms with E-state index in [1.165, 1.54) is 6.26 Å². The molecule has 8 heteroatoms. The van der Waals surface area contributed by atoms with E-state index in [1.807, 2.05) is 23.1 Å². The van der Waals surface area contributed by atoms with Crippen LogP contribution in [0.15, 0.2) is 59.3 Å². The van der Waals surface area contributed by atoms with Crippen molar-refractivity contribution in [1.29, 1.82) is 5.26 Å². The largest absolute Gasteiger partial charge is 0.459 e. The molecular formula is C20H18N6O2. The molecule has 0 atom stereocenters. The second-order valence-corrected chi connectivity index (χ2v) is 6.28. The fourth-order valence-corrected chi connectivity index (χ4v) is 3.06. The average molecular weight is 374 g/mol. The minimum Gasteiger partial charge on any atom is -0.459 e. The lowest BCUT2D eigenvalue weighted by molar-refractivity contribution is 0.0714. The Labute approximate surface area is 162 Å². The number of aromatic nitrogens is 2. The Morgan fingerprint density at radius 3 is 2.68 bits per heavy atom. The summed E-state index contributed by atoms with van der Waals surface area (Å²) in [6.07, 6.45) is 3.18. The molecule has 1 fully saturated rings. The SMILES string of the molecule is N#Cc1ccccc1Nc1ccnc(N2CCN(C(=O)c3ccco3)CC2)n1. The summed E-state index contributed by atoms with van der Waals surface area (Å²) in [6.45, 7) is 2.39. The van der Waals surface area contributed by atoms with Gasteiger partial charge in [0.25, 0.3) is 5.91 Å². The number of anilines is 3. The van der Waals surface area contributed by atoms with Gasteiger partial charge in [-0.3, -0.25) is 4.79 Å². The van der Waals surface area contributed by atoms with Gasteiger partial charge in [0.05, 0.1) is 17.5 Å². The zero-order valence-corrected chi connectivity index (χ0v) is 15.1. The Hall–Kier alpha value is -3.86. The molecule has 140 valence electrons. The predicted molar refractivity (Wildman–Crippen MR) is 103 cm³/mol. The van der Waals surface area contributed by atoms with E-state index in [9.17, 15) is 10.1 Å². The number of piperazine rings is 1. The first-order chi connectivity index (χ1) is 13.7. The Morgan fingerprint density at radius 1 is 1.11 bits per heavy atom. The molecule has 1 aromatic carbocycles. The van der Waals surface area contributed by atoms with Crippen molar-refractivity contribution < 1.29 is 9.21 Å². The van der Waals surface area contributed by atoms with Crippen LogP contribution in [0, 0.1) is 11.3 Å². The molecule has 2 aromatic heterocycles. The highest BCUT2D eigenvalue weighted by atomic mass is 16.3. The van der Waals surface area contributed by atoms with Crippen molar-refractivity contribution in [2.75, 3.05) is 36.4 Å². The molecule has 1 aliphatic heterocycles. The normalized spacial score (nSPS) is 13.8. The van der Waals surface area contributed by atoms with Crippen LogP contribution in [0.2, 0.25) is 0 Å². The summed E-state index contributed by atoms with van der Waals surface area (Å²) in [5.74, 6) is 1.45. The number of hydrogen-bond donors (Lipinski definition) is 1. The first kappa shape index (κ1) is 17.5. The van der Waals surface area contributed by atoms with Crippen molar-refractivity contribution in [2.45, 2.75) is 0 Å². The van der Waals surface area contributed by atoms with Crippen LogP contribution in [-0.2, 0) is 0 Å². The fourth-order valence-electron chi connectivity index (χ4n) is 3.06. The minimum atomic E-state index is -0.103. The number of carbonyl (C=O) groups is 1. The van der Waals surface area contributed by atoms with Crippen molar-refractivity contribution in [3.05, 3.63) is 66.2 Å². The number of rotatable bonds is 4. The van der Waals surface area contributed by atoms with E-state index >= 15 is 0 Å². The third-order valence-electron chi connectivity index (χ3n) is 4.53. The number of nitrogens with one attached hydrogen (secondary N) is 1. The highest BCUT2D eigenvalue weighted by molar-refractivity contribution is 5.91. The smallest absolute Gasteiger partial charge is 0.289 e. The third-order valence-corrected chi connectivity index (χ3v) is 4.53. The van der Waals surface area contributed by atoms with Gasteiger partial charge in [-0.25, -0.2) is 4.98 Å². The minimum absolute atomic E-state index is 0.103. The Balaban J connectivity index is 1.43. The lowest BCUT2D eigenvalue weighted by atomic mass is 10.2. The van der Waals surface area contributed by atoms with Crippen LogP contribution in [-0.4, -0.2) is 47.0 Å². The summed E-state index contributed by atoms with van der Waals surface area (Å²) in [4.78, 5) is 25.1. The van der Waals surface area contributed by atoms with E-state index in [0.717, 1.165) is 0 Å². The van der Waals surface area contributed by atoms with Crippen molar-refractivity contribution >= 4 is 23.4 Å². The summed E-state index contributed by atoms with van der Waals surface area (Å²) in [6, 6.07) is 14.6. The van der Waals surface area contributed by atoms with Gasteiger partial charge in [-0.15, -0.1) is 0 Å². The standard InChI is InChI=1S/C20H18N6O2/c21-14-15-4-1-2-5-16(15)23-18-7-8-22-20(24-18)26-11-9-25(10-12-26)19(27)17-6-3-13-28-17/h1-8,13H,9-12H2,(H,22,23,24). The van der Waals surface area contributed by atoms with Crippen LogP contribution in [0.1, 0.15) is 16.1 Å². The molecule has 0 bridgehead atoms. The maximum absolute atomic E-state index is 12.4. The van der Waals surface area contributed by atoms with Crippen LogP contribution in [0.5, 0.6) is 0 Å². The molecule has 4 rings (SSSR count). The van der Waals surface area contributed by atoms with Gasteiger partial charge in [0.15, 0.2) is 5.76 Å². The molecule has 0 unspecified atom stereocenters. The van der Waals surface area contributed by atoms with Crippen LogP contribution < -0.4 is 10.2 Å². The molecule has 0 radical (unpaired) electrons. The monoisotopic (exact) mass is 374 g/mol. The summed E-state index contributed by atoms with van der Waals surface area (Å²) < 4.78 is 5.19. The van der Waals surface area contributed by atoms with E-state index in [-0.39, 0.29) is 5.91 Å². The van der Waals surface area contributed by atoms with E-state index < -0.39 is 0 Å². The lowest BCUT2D eigenvalue weighted by Crippen LogP contribution is -2.49. The van der Waals surface area contributed by atoms with Crippen LogP contribution >= 0.6 is 0 Å². The Kier molecular flexibility index (Phi) is 4.89.